The first-order valence-electron chi connectivity index (χ1n) is 4.32. The van der Waals surface area contributed by atoms with E-state index in [9.17, 15) is 4.79 Å². The minimum atomic E-state index is 0.472. The molecule has 2 N–H and O–H groups in total. The van der Waals surface area contributed by atoms with Crippen LogP contribution in [0.15, 0.2) is 29.8 Å². The molecule has 0 aliphatic heterocycles. The number of aliphatic imine (C=N–C) groups is 1. The van der Waals surface area contributed by atoms with Crippen molar-refractivity contribution < 1.29 is 4.79 Å². The van der Waals surface area contributed by atoms with Crippen molar-refractivity contribution in [3.63, 3.8) is 0 Å². The number of nitrogens with one attached hydrogen (secondary N) is 2. The number of H-pyrrole nitrogens is 1. The van der Waals surface area contributed by atoms with Gasteiger partial charge >= 0.3 is 0 Å². The number of hydrogen-bond acceptors (Lipinski definition) is 3. The maximum atomic E-state index is 10.2. The predicted octanol–water partition coefficient (Wildman–Crippen LogP) is 1.25. The van der Waals surface area contributed by atoms with Crippen LogP contribution in [-0.2, 0) is 4.79 Å². The third-order valence-corrected chi connectivity index (χ3v) is 1.66. The number of amides is 1. The van der Waals surface area contributed by atoms with Crippen molar-refractivity contribution in [2.24, 2.45) is 4.99 Å². The van der Waals surface area contributed by atoms with Crippen LogP contribution in [-0.4, -0.2) is 29.9 Å². The molecule has 1 amide bonds. The molecular formula is C10H12N4O. The molecule has 15 heavy (non-hydrogen) atoms. The Labute approximate surface area is 87.6 Å². The predicted molar refractivity (Wildman–Crippen MR) is 60.9 cm³/mol. The van der Waals surface area contributed by atoms with Gasteiger partial charge in [0.25, 0.3) is 0 Å². The molecule has 0 saturated heterocycles. The first kappa shape index (κ1) is 10.9. The van der Waals surface area contributed by atoms with Crippen LogP contribution < -0.4 is 5.32 Å². The van der Waals surface area contributed by atoms with Gasteiger partial charge < -0.3 is 5.32 Å². The van der Waals surface area contributed by atoms with E-state index in [4.69, 9.17) is 0 Å². The van der Waals surface area contributed by atoms with Gasteiger partial charge in [-0.15, -0.1) is 0 Å². The molecule has 5 heteroatoms. The average Bonchev–Trinajstić information content (AvgIpc) is 2.67. The Kier molecular flexibility index (Phi) is 4.03. The highest BCUT2D eigenvalue weighted by Crippen LogP contribution is 2.13. The van der Waals surface area contributed by atoms with E-state index in [1.165, 1.54) is 0 Å². The van der Waals surface area contributed by atoms with Gasteiger partial charge in [-0.2, -0.15) is 5.10 Å². The summed E-state index contributed by atoms with van der Waals surface area (Å²) in [5, 5.41) is 9.12. The molecule has 0 unspecified atom stereocenters. The molecule has 0 atom stereocenters. The molecule has 0 saturated carbocycles. The average molecular weight is 204 g/mol. The van der Waals surface area contributed by atoms with Crippen LogP contribution in [0.1, 0.15) is 5.69 Å². The quantitative estimate of drug-likeness (QED) is 0.430. The number of aromatic amines is 1. The molecule has 0 radical (unpaired) electrons. The second-order valence-corrected chi connectivity index (χ2v) is 2.67. The maximum absolute atomic E-state index is 10.2. The van der Waals surface area contributed by atoms with Crippen LogP contribution in [0.4, 0.5) is 5.82 Å². The lowest BCUT2D eigenvalue weighted by Gasteiger charge is -1.93. The van der Waals surface area contributed by atoms with Crippen LogP contribution >= 0.6 is 0 Å². The summed E-state index contributed by atoms with van der Waals surface area (Å²) in [4.78, 5) is 14.1. The second-order valence-electron chi connectivity index (χ2n) is 2.67. The zero-order valence-corrected chi connectivity index (χ0v) is 8.40. The number of nitrogens with zero attached hydrogens (tertiary/aromatic N) is 2. The molecule has 1 rings (SSSR count). The highest BCUT2D eigenvalue weighted by molar-refractivity contribution is 6.09. The van der Waals surface area contributed by atoms with E-state index in [1.54, 1.807) is 31.5 Å². The Balaban J connectivity index is 2.96. The van der Waals surface area contributed by atoms with E-state index < -0.39 is 0 Å². The monoisotopic (exact) mass is 204 g/mol. The Morgan fingerprint density at radius 2 is 2.53 bits per heavy atom. The smallest absolute Gasteiger partial charge is 0.212 e. The van der Waals surface area contributed by atoms with Crippen molar-refractivity contribution in [3.8, 4) is 0 Å². The van der Waals surface area contributed by atoms with Gasteiger partial charge in [0, 0.05) is 24.9 Å². The lowest BCUT2D eigenvalue weighted by atomic mass is 10.2. The molecular weight excluding hydrogens is 192 g/mol. The van der Waals surface area contributed by atoms with Crippen molar-refractivity contribution in [2.75, 3.05) is 12.4 Å². The lowest BCUT2D eigenvalue weighted by molar-refractivity contribution is -0.105. The van der Waals surface area contributed by atoms with E-state index in [1.807, 2.05) is 0 Å². The number of rotatable bonds is 5. The third-order valence-electron chi connectivity index (χ3n) is 1.66. The minimum absolute atomic E-state index is 0.472. The number of aromatic nitrogens is 2. The van der Waals surface area contributed by atoms with Crippen molar-refractivity contribution in [1.29, 1.82) is 0 Å². The molecule has 1 aromatic rings. The summed E-state index contributed by atoms with van der Waals surface area (Å²) in [7, 11) is 1.68. The summed E-state index contributed by atoms with van der Waals surface area (Å²) in [5.41, 5.74) is 1.61. The number of allylic oxidation sites excluding steroid dienone is 3. The van der Waals surface area contributed by atoms with E-state index in [-0.39, 0.29) is 0 Å². The second kappa shape index (κ2) is 5.54. The number of anilines is 1. The van der Waals surface area contributed by atoms with E-state index in [2.05, 4.69) is 27.1 Å². The molecule has 0 aliphatic carbocycles. The molecule has 0 spiro atoms. The molecule has 5 nitrogen and oxygen atoms in total. The summed E-state index contributed by atoms with van der Waals surface area (Å²) < 4.78 is 0. The van der Waals surface area contributed by atoms with Crippen LogP contribution in [0.2, 0.25) is 0 Å². The Hall–Kier alpha value is -2.17. The van der Waals surface area contributed by atoms with Crippen LogP contribution in [0.5, 0.6) is 0 Å². The first-order valence-corrected chi connectivity index (χ1v) is 4.32. The van der Waals surface area contributed by atoms with Gasteiger partial charge in [-0.05, 0) is 0 Å². The molecule has 1 aromatic heterocycles. The van der Waals surface area contributed by atoms with Crippen molar-refractivity contribution in [1.82, 2.24) is 10.2 Å². The minimum Gasteiger partial charge on any atom is -0.312 e. The number of carbonyl (C=O) groups excluding carboxylic acids is 1. The lowest BCUT2D eigenvalue weighted by Crippen LogP contribution is -1.92. The Morgan fingerprint density at radius 1 is 1.73 bits per heavy atom. The topological polar surface area (TPSA) is 70.1 Å². The van der Waals surface area contributed by atoms with E-state index in [0.29, 0.717) is 12.2 Å². The van der Waals surface area contributed by atoms with E-state index in [0.717, 1.165) is 11.3 Å². The normalized spacial score (nSPS) is 11.7. The number of hydrogen-bond donors (Lipinski definition) is 2. The van der Waals surface area contributed by atoms with Crippen molar-refractivity contribution in [3.05, 3.63) is 30.5 Å². The summed E-state index contributed by atoms with van der Waals surface area (Å²) in [6.45, 7) is 3.61. The summed E-state index contributed by atoms with van der Waals surface area (Å²) in [5.74, 6) is 0.472. The Bertz CT molecular complexity index is 403. The van der Waals surface area contributed by atoms with Gasteiger partial charge in [0.15, 0.2) is 5.82 Å². The standard InChI is InChI=1S/C10H12N4O/c1-3-4-8(6-11-2)9-5-10(12-7-15)14-13-9/h3-7H,1H2,2H3,(H2,12,13,14,15)/b8-4+,11-6?. The summed E-state index contributed by atoms with van der Waals surface area (Å²) in [6, 6.07) is 1.71. The molecule has 78 valence electrons. The largest absolute Gasteiger partial charge is 0.312 e. The van der Waals surface area contributed by atoms with Gasteiger partial charge in [0.1, 0.15) is 0 Å². The molecule has 0 aliphatic rings. The van der Waals surface area contributed by atoms with Crippen molar-refractivity contribution >= 4 is 24.0 Å². The molecule has 0 fully saturated rings. The number of carbonyl (C=O) groups is 1. The fraction of sp³-hybridized carbons (Fsp3) is 0.100. The zero-order valence-electron chi connectivity index (χ0n) is 8.40. The van der Waals surface area contributed by atoms with Crippen LogP contribution in [0.25, 0.3) is 5.57 Å². The third kappa shape index (κ3) is 2.91. The molecule has 0 aromatic carbocycles. The fourth-order valence-electron chi connectivity index (χ4n) is 1.07. The zero-order chi connectivity index (χ0) is 11.1. The maximum Gasteiger partial charge on any atom is 0.212 e. The van der Waals surface area contributed by atoms with Crippen molar-refractivity contribution in [2.45, 2.75) is 0 Å². The molecule has 1 heterocycles. The van der Waals surface area contributed by atoms with Gasteiger partial charge in [0.05, 0.1) is 5.69 Å². The highest BCUT2D eigenvalue weighted by Gasteiger charge is 2.02. The van der Waals surface area contributed by atoms with E-state index >= 15 is 0 Å². The van der Waals surface area contributed by atoms with Crippen LogP contribution in [0.3, 0.4) is 0 Å². The first-order chi connectivity index (χ1) is 7.31. The SMILES string of the molecule is C=C/C=C(\C=NC)c1cc(NC=O)n[nH]1. The summed E-state index contributed by atoms with van der Waals surface area (Å²) in [6.07, 6.45) is 5.71. The van der Waals surface area contributed by atoms with Gasteiger partial charge in [-0.1, -0.05) is 18.7 Å². The van der Waals surface area contributed by atoms with Crippen LogP contribution in [0, 0.1) is 0 Å². The highest BCUT2D eigenvalue weighted by atomic mass is 16.1. The van der Waals surface area contributed by atoms with Gasteiger partial charge in [-0.3, -0.25) is 14.9 Å². The summed E-state index contributed by atoms with van der Waals surface area (Å²) >= 11 is 0. The van der Waals surface area contributed by atoms with Gasteiger partial charge in [0.2, 0.25) is 6.41 Å². The fourth-order valence-corrected chi connectivity index (χ4v) is 1.07. The van der Waals surface area contributed by atoms with Gasteiger partial charge in [-0.25, -0.2) is 0 Å². The molecule has 0 bridgehead atoms. The Morgan fingerprint density at radius 3 is 3.13 bits per heavy atom.